The van der Waals surface area contributed by atoms with Gasteiger partial charge in [0.15, 0.2) is 0 Å². The number of halogens is 2. The largest absolute Gasteiger partial charge is 0.212 e. The van der Waals surface area contributed by atoms with Gasteiger partial charge in [0, 0.05) is 12.8 Å². The maximum absolute atomic E-state index is 12.9. The maximum Gasteiger partial charge on any atom is 0.104 e. The standard InChI is InChI=1S/C9H12F2/c1-6(2)8-5-7(10)3-4-9(8)11/h5-6H,3-4H2,1-2H3. The van der Waals surface area contributed by atoms with Crippen molar-refractivity contribution < 1.29 is 8.78 Å². The van der Waals surface area contributed by atoms with Gasteiger partial charge in [-0.05, 0) is 17.6 Å². The van der Waals surface area contributed by atoms with Gasteiger partial charge in [0.05, 0.1) is 0 Å². The second-order valence-electron chi connectivity index (χ2n) is 3.11. The van der Waals surface area contributed by atoms with Gasteiger partial charge < -0.3 is 0 Å². The molecule has 0 fully saturated rings. The van der Waals surface area contributed by atoms with Gasteiger partial charge in [0.25, 0.3) is 0 Å². The quantitative estimate of drug-likeness (QED) is 0.547. The van der Waals surface area contributed by atoms with Crippen LogP contribution in [0.25, 0.3) is 0 Å². The topological polar surface area (TPSA) is 0 Å². The van der Waals surface area contributed by atoms with Crippen molar-refractivity contribution >= 4 is 0 Å². The van der Waals surface area contributed by atoms with Crippen molar-refractivity contribution in [3.63, 3.8) is 0 Å². The van der Waals surface area contributed by atoms with Crippen LogP contribution >= 0.6 is 0 Å². The molecule has 0 heterocycles. The van der Waals surface area contributed by atoms with E-state index in [1.807, 2.05) is 13.8 Å². The van der Waals surface area contributed by atoms with Crippen LogP contribution in [-0.2, 0) is 0 Å². The van der Waals surface area contributed by atoms with Crippen molar-refractivity contribution in [3.05, 3.63) is 23.3 Å². The summed E-state index contributed by atoms with van der Waals surface area (Å²) in [5.41, 5.74) is 0.522. The Kier molecular flexibility index (Phi) is 2.42. The lowest BCUT2D eigenvalue weighted by atomic mass is 9.96. The molecule has 0 spiro atoms. The molecule has 0 aromatic carbocycles. The Morgan fingerprint density at radius 2 is 1.91 bits per heavy atom. The highest BCUT2D eigenvalue weighted by Crippen LogP contribution is 2.29. The lowest BCUT2D eigenvalue weighted by molar-refractivity contribution is 0.502. The monoisotopic (exact) mass is 158 g/mol. The number of hydrogen-bond acceptors (Lipinski definition) is 0. The molecule has 0 amide bonds. The minimum Gasteiger partial charge on any atom is -0.212 e. The summed E-state index contributed by atoms with van der Waals surface area (Å²) >= 11 is 0. The van der Waals surface area contributed by atoms with E-state index < -0.39 is 0 Å². The summed E-state index contributed by atoms with van der Waals surface area (Å²) in [6.45, 7) is 3.73. The molecule has 0 atom stereocenters. The molecule has 2 heteroatoms. The van der Waals surface area contributed by atoms with Gasteiger partial charge in [-0.25, -0.2) is 8.78 Å². The van der Waals surface area contributed by atoms with Crippen LogP contribution in [0.2, 0.25) is 0 Å². The Morgan fingerprint density at radius 1 is 1.27 bits per heavy atom. The van der Waals surface area contributed by atoms with E-state index in [0.29, 0.717) is 5.57 Å². The first kappa shape index (κ1) is 8.44. The predicted molar refractivity (Wildman–Crippen MR) is 41.4 cm³/mol. The van der Waals surface area contributed by atoms with Crippen LogP contribution < -0.4 is 0 Å². The van der Waals surface area contributed by atoms with Crippen LogP contribution in [0.1, 0.15) is 26.7 Å². The van der Waals surface area contributed by atoms with Gasteiger partial charge in [-0.3, -0.25) is 0 Å². The van der Waals surface area contributed by atoms with E-state index in [-0.39, 0.29) is 30.4 Å². The van der Waals surface area contributed by atoms with E-state index in [1.54, 1.807) is 0 Å². The molecule has 1 rings (SSSR count). The van der Waals surface area contributed by atoms with Gasteiger partial charge in [-0.15, -0.1) is 0 Å². The number of rotatable bonds is 1. The highest BCUT2D eigenvalue weighted by atomic mass is 19.1. The van der Waals surface area contributed by atoms with Gasteiger partial charge >= 0.3 is 0 Å². The highest BCUT2D eigenvalue weighted by molar-refractivity contribution is 5.29. The normalized spacial score (nSPS) is 19.2. The molecule has 0 nitrogen and oxygen atoms in total. The van der Waals surface area contributed by atoms with E-state index in [1.165, 1.54) is 6.08 Å². The second-order valence-corrected chi connectivity index (χ2v) is 3.11. The Bertz CT molecular complexity index is 212. The van der Waals surface area contributed by atoms with E-state index in [0.717, 1.165) is 0 Å². The molecule has 0 saturated heterocycles. The van der Waals surface area contributed by atoms with Gasteiger partial charge in [0.1, 0.15) is 11.7 Å². The van der Waals surface area contributed by atoms with Crippen molar-refractivity contribution in [3.8, 4) is 0 Å². The van der Waals surface area contributed by atoms with E-state index in [2.05, 4.69) is 0 Å². The zero-order valence-electron chi connectivity index (χ0n) is 6.82. The fourth-order valence-corrected chi connectivity index (χ4v) is 1.17. The SMILES string of the molecule is CC(C)C1=C(F)CCC(F)=C1. The molecule has 0 unspecified atom stereocenters. The van der Waals surface area contributed by atoms with Crippen LogP contribution in [0, 0.1) is 5.92 Å². The lowest BCUT2D eigenvalue weighted by Crippen LogP contribution is -1.99. The molecular formula is C9H12F2. The summed E-state index contributed by atoms with van der Waals surface area (Å²) in [7, 11) is 0. The maximum atomic E-state index is 12.9. The van der Waals surface area contributed by atoms with Crippen molar-refractivity contribution in [2.24, 2.45) is 5.92 Å². The third kappa shape index (κ3) is 1.88. The Hall–Kier alpha value is -0.660. The number of hydrogen-bond donors (Lipinski definition) is 0. The Labute approximate surface area is 65.6 Å². The van der Waals surface area contributed by atoms with Gasteiger partial charge in [-0.2, -0.15) is 0 Å². The fourth-order valence-electron chi connectivity index (χ4n) is 1.17. The Morgan fingerprint density at radius 3 is 2.36 bits per heavy atom. The predicted octanol–water partition coefficient (Wildman–Crippen LogP) is 3.51. The molecule has 62 valence electrons. The van der Waals surface area contributed by atoms with Crippen LogP contribution in [-0.4, -0.2) is 0 Å². The zero-order chi connectivity index (χ0) is 8.43. The molecule has 0 radical (unpaired) electrons. The first-order valence-corrected chi connectivity index (χ1v) is 3.86. The third-order valence-corrected chi connectivity index (χ3v) is 1.83. The summed E-state index contributed by atoms with van der Waals surface area (Å²) in [4.78, 5) is 0. The summed E-state index contributed by atoms with van der Waals surface area (Å²) in [6, 6.07) is 0. The molecule has 1 aliphatic rings. The number of allylic oxidation sites excluding steroid dienone is 4. The second kappa shape index (κ2) is 3.16. The molecule has 1 aliphatic carbocycles. The van der Waals surface area contributed by atoms with Crippen LogP contribution in [0.3, 0.4) is 0 Å². The molecule has 0 aromatic rings. The fraction of sp³-hybridized carbons (Fsp3) is 0.556. The van der Waals surface area contributed by atoms with Crippen molar-refractivity contribution in [1.29, 1.82) is 0 Å². The van der Waals surface area contributed by atoms with E-state index in [9.17, 15) is 8.78 Å². The molecular weight excluding hydrogens is 146 g/mol. The average Bonchev–Trinajstić information content (AvgIpc) is 1.94. The summed E-state index contributed by atoms with van der Waals surface area (Å²) in [6.07, 6.45) is 1.78. The summed E-state index contributed by atoms with van der Waals surface area (Å²) in [5.74, 6) is -0.266. The average molecular weight is 158 g/mol. The smallest absolute Gasteiger partial charge is 0.104 e. The molecule has 0 aliphatic heterocycles. The minimum absolute atomic E-state index is 0.0843. The molecule has 11 heavy (non-hydrogen) atoms. The Balaban J connectivity index is 2.89. The molecule has 0 bridgehead atoms. The van der Waals surface area contributed by atoms with Gasteiger partial charge in [0.2, 0.25) is 0 Å². The van der Waals surface area contributed by atoms with Crippen molar-refractivity contribution in [1.82, 2.24) is 0 Å². The van der Waals surface area contributed by atoms with Gasteiger partial charge in [-0.1, -0.05) is 13.8 Å². The van der Waals surface area contributed by atoms with Crippen molar-refractivity contribution in [2.75, 3.05) is 0 Å². The molecule has 0 saturated carbocycles. The van der Waals surface area contributed by atoms with Crippen molar-refractivity contribution in [2.45, 2.75) is 26.7 Å². The van der Waals surface area contributed by atoms with Crippen LogP contribution in [0.15, 0.2) is 23.3 Å². The lowest BCUT2D eigenvalue weighted by Gasteiger charge is -2.13. The minimum atomic E-state index is -0.199. The van der Waals surface area contributed by atoms with E-state index >= 15 is 0 Å². The first-order valence-electron chi connectivity index (χ1n) is 3.86. The zero-order valence-corrected chi connectivity index (χ0v) is 6.82. The summed E-state index contributed by atoms with van der Waals surface area (Å²) < 4.78 is 25.6. The highest BCUT2D eigenvalue weighted by Gasteiger charge is 2.15. The third-order valence-electron chi connectivity index (χ3n) is 1.83. The van der Waals surface area contributed by atoms with E-state index in [4.69, 9.17) is 0 Å². The van der Waals surface area contributed by atoms with Crippen LogP contribution in [0.5, 0.6) is 0 Å². The summed E-state index contributed by atoms with van der Waals surface area (Å²) in [5, 5.41) is 0. The molecule has 0 N–H and O–H groups in total. The molecule has 0 aromatic heterocycles. The first-order chi connectivity index (χ1) is 5.11. The van der Waals surface area contributed by atoms with Crippen LogP contribution in [0.4, 0.5) is 8.78 Å².